The molecule has 1 heterocycles. The maximum absolute atomic E-state index is 12.7. The maximum Gasteiger partial charge on any atom is 0.434 e. The Morgan fingerprint density at radius 1 is 0.618 bits per heavy atom. The van der Waals surface area contributed by atoms with Gasteiger partial charge in [-0.25, -0.2) is 0 Å². The summed E-state index contributed by atoms with van der Waals surface area (Å²) in [5, 5.41) is 2.16. The number of benzene rings is 1. The van der Waals surface area contributed by atoms with Crippen LogP contribution in [0.3, 0.4) is 0 Å². The minimum Gasteiger partial charge on any atom is -0.440 e. The van der Waals surface area contributed by atoms with Crippen LogP contribution in [-0.4, -0.2) is 51.9 Å². The predicted octanol–water partition coefficient (Wildman–Crippen LogP) is 5.96. The van der Waals surface area contributed by atoms with Crippen LogP contribution < -0.4 is 14.8 Å². The highest BCUT2D eigenvalue weighted by Crippen LogP contribution is 2.38. The van der Waals surface area contributed by atoms with Gasteiger partial charge in [0.1, 0.15) is 0 Å². The van der Waals surface area contributed by atoms with E-state index >= 15 is 0 Å². The van der Waals surface area contributed by atoms with Crippen LogP contribution >= 0.6 is 22.6 Å². The summed E-state index contributed by atoms with van der Waals surface area (Å²) in [6, 6.07) is 1.59. The SMILES string of the molecule is FC(F)(F)C(Oc1nc(Nc2ccc(I)cc2)nc(OC(C(F)(F)F)C(F)(F)F)n1)C(F)(F)F. The molecule has 0 aliphatic heterocycles. The third-order valence-corrected chi connectivity index (χ3v) is 4.05. The zero-order valence-corrected chi connectivity index (χ0v) is 17.7. The van der Waals surface area contributed by atoms with Crippen LogP contribution in [0, 0.1) is 3.57 Å². The number of nitrogens with one attached hydrogen (secondary N) is 1. The molecule has 1 aromatic heterocycles. The van der Waals surface area contributed by atoms with E-state index in [2.05, 4.69) is 29.7 Å². The molecular formula is C15H7F12IN4O2. The molecule has 0 saturated heterocycles. The summed E-state index contributed by atoms with van der Waals surface area (Å²) in [7, 11) is 0. The molecule has 0 fully saturated rings. The molecule has 0 aliphatic rings. The van der Waals surface area contributed by atoms with Crippen molar-refractivity contribution >= 4 is 34.2 Å². The Labute approximate surface area is 193 Å². The molecule has 1 N–H and O–H groups in total. The first kappa shape index (κ1) is 27.8. The fourth-order valence-electron chi connectivity index (χ4n) is 2.01. The fraction of sp³-hybridized carbons (Fsp3) is 0.400. The first-order valence-corrected chi connectivity index (χ1v) is 9.23. The first-order chi connectivity index (χ1) is 15.3. The van der Waals surface area contributed by atoms with Gasteiger partial charge in [0.15, 0.2) is 0 Å². The largest absolute Gasteiger partial charge is 0.440 e. The van der Waals surface area contributed by atoms with E-state index < -0.39 is 54.9 Å². The van der Waals surface area contributed by atoms with Gasteiger partial charge in [0.05, 0.1) is 0 Å². The number of hydrogen-bond donors (Lipinski definition) is 1. The van der Waals surface area contributed by atoms with E-state index in [0.29, 0.717) is 3.57 Å². The average Bonchev–Trinajstić information content (AvgIpc) is 2.62. The van der Waals surface area contributed by atoms with Crippen molar-refractivity contribution in [3.8, 4) is 12.0 Å². The van der Waals surface area contributed by atoms with E-state index in [9.17, 15) is 52.7 Å². The van der Waals surface area contributed by atoms with E-state index in [-0.39, 0.29) is 5.69 Å². The molecule has 2 rings (SSSR count). The lowest BCUT2D eigenvalue weighted by molar-refractivity contribution is -0.302. The topological polar surface area (TPSA) is 69.2 Å². The van der Waals surface area contributed by atoms with Gasteiger partial charge in [-0.3, -0.25) is 0 Å². The second-order valence-corrected chi connectivity index (χ2v) is 7.26. The van der Waals surface area contributed by atoms with Gasteiger partial charge >= 0.3 is 36.7 Å². The third-order valence-electron chi connectivity index (χ3n) is 3.33. The summed E-state index contributed by atoms with van der Waals surface area (Å²) >= 11 is 1.86. The van der Waals surface area contributed by atoms with Gasteiger partial charge < -0.3 is 14.8 Å². The van der Waals surface area contributed by atoms with Crippen molar-refractivity contribution < 1.29 is 62.2 Å². The monoisotopic (exact) mass is 630 g/mol. The number of anilines is 2. The molecular weight excluding hydrogens is 623 g/mol. The number of hydrogen-bond acceptors (Lipinski definition) is 6. The van der Waals surface area contributed by atoms with E-state index in [1.165, 1.54) is 24.3 Å². The van der Waals surface area contributed by atoms with E-state index in [1.807, 2.05) is 22.6 Å². The summed E-state index contributed by atoms with van der Waals surface area (Å²) in [5.74, 6) is -1.08. The number of alkyl halides is 12. The minimum absolute atomic E-state index is 0.00472. The van der Waals surface area contributed by atoms with Crippen molar-refractivity contribution in [3.63, 3.8) is 0 Å². The Hall–Kier alpha value is -2.48. The summed E-state index contributed by atoms with van der Waals surface area (Å²) in [4.78, 5) is 8.71. The number of ether oxygens (including phenoxy) is 2. The molecule has 0 bridgehead atoms. The zero-order chi connectivity index (χ0) is 26.1. The molecule has 34 heavy (non-hydrogen) atoms. The number of rotatable bonds is 6. The van der Waals surface area contributed by atoms with Crippen molar-refractivity contribution in [3.05, 3.63) is 27.8 Å². The normalized spacial score (nSPS) is 13.4. The molecule has 0 unspecified atom stereocenters. The number of aromatic nitrogens is 3. The number of halogens is 13. The summed E-state index contributed by atoms with van der Waals surface area (Å²) in [5.41, 5.74) is -0.00472. The van der Waals surface area contributed by atoms with Crippen LogP contribution in [0.1, 0.15) is 0 Å². The molecule has 0 saturated carbocycles. The molecule has 0 spiro atoms. The predicted molar refractivity (Wildman–Crippen MR) is 95.3 cm³/mol. The lowest BCUT2D eigenvalue weighted by Crippen LogP contribution is -2.47. The Morgan fingerprint density at radius 3 is 1.29 bits per heavy atom. The lowest BCUT2D eigenvalue weighted by Gasteiger charge is -2.24. The van der Waals surface area contributed by atoms with Gasteiger partial charge in [-0.05, 0) is 46.9 Å². The Morgan fingerprint density at radius 2 is 0.971 bits per heavy atom. The van der Waals surface area contributed by atoms with Gasteiger partial charge in [-0.2, -0.15) is 62.7 Å². The quantitative estimate of drug-likeness (QED) is 0.314. The van der Waals surface area contributed by atoms with Gasteiger partial charge in [-0.15, -0.1) is 4.98 Å². The van der Waals surface area contributed by atoms with Gasteiger partial charge in [0.2, 0.25) is 5.95 Å². The second kappa shape index (κ2) is 9.64. The number of nitrogens with zero attached hydrogens (tertiary/aromatic N) is 3. The standard InChI is InChI=1S/C15H7F12IN4O2/c16-12(17,18)7(13(19,20)21)33-10-30-9(29-6-3-1-5(28)2-4-6)31-11(32-10)34-8(14(22,23)24)15(25,26)27/h1-4,7-8H,(H,29,30,31,32). The van der Waals surface area contributed by atoms with Crippen molar-refractivity contribution in [2.24, 2.45) is 0 Å². The van der Waals surface area contributed by atoms with Crippen LogP contribution in [0.5, 0.6) is 12.0 Å². The first-order valence-electron chi connectivity index (χ1n) is 8.15. The van der Waals surface area contributed by atoms with Crippen LogP contribution in [0.2, 0.25) is 0 Å². The molecule has 0 amide bonds. The van der Waals surface area contributed by atoms with Gasteiger partial charge in [0.25, 0.3) is 12.2 Å². The molecule has 1 aromatic carbocycles. The van der Waals surface area contributed by atoms with Crippen molar-refractivity contribution in [1.82, 2.24) is 15.0 Å². The average molecular weight is 630 g/mol. The second-order valence-electron chi connectivity index (χ2n) is 6.02. The molecule has 2 aromatic rings. The van der Waals surface area contributed by atoms with Crippen LogP contribution in [0.25, 0.3) is 0 Å². The molecule has 6 nitrogen and oxygen atoms in total. The smallest absolute Gasteiger partial charge is 0.434 e. The van der Waals surface area contributed by atoms with E-state index in [0.717, 1.165) is 0 Å². The van der Waals surface area contributed by atoms with E-state index in [4.69, 9.17) is 0 Å². The minimum atomic E-state index is -6.10. The summed E-state index contributed by atoms with van der Waals surface area (Å²) in [6.45, 7) is 0. The summed E-state index contributed by atoms with van der Waals surface area (Å²) in [6.07, 6.45) is -33.5. The van der Waals surface area contributed by atoms with Crippen molar-refractivity contribution in [2.45, 2.75) is 36.9 Å². The van der Waals surface area contributed by atoms with Crippen LogP contribution in [-0.2, 0) is 0 Å². The molecule has 0 atom stereocenters. The Kier molecular flexibility index (Phi) is 7.87. The van der Waals surface area contributed by atoms with E-state index in [1.54, 1.807) is 0 Å². The highest BCUT2D eigenvalue weighted by molar-refractivity contribution is 14.1. The highest BCUT2D eigenvalue weighted by atomic mass is 127. The Bertz CT molecular complexity index is 896. The lowest BCUT2D eigenvalue weighted by atomic mass is 10.3. The van der Waals surface area contributed by atoms with Crippen molar-refractivity contribution in [1.29, 1.82) is 0 Å². The maximum atomic E-state index is 12.7. The highest BCUT2D eigenvalue weighted by Gasteiger charge is 2.61. The molecule has 0 radical (unpaired) electrons. The molecule has 0 aliphatic carbocycles. The van der Waals surface area contributed by atoms with Crippen molar-refractivity contribution in [2.75, 3.05) is 5.32 Å². The van der Waals surface area contributed by atoms with Gasteiger partial charge in [0, 0.05) is 9.26 Å². The Balaban J connectivity index is 2.53. The summed E-state index contributed by atoms with van der Waals surface area (Å²) < 4.78 is 161. The van der Waals surface area contributed by atoms with Gasteiger partial charge in [-0.1, -0.05) is 0 Å². The van der Waals surface area contributed by atoms with Crippen LogP contribution in [0.4, 0.5) is 64.3 Å². The van der Waals surface area contributed by atoms with Crippen LogP contribution in [0.15, 0.2) is 24.3 Å². The fourth-order valence-corrected chi connectivity index (χ4v) is 2.37. The molecule has 190 valence electrons. The zero-order valence-electron chi connectivity index (χ0n) is 15.5. The molecule has 19 heteroatoms. The third kappa shape index (κ3) is 7.79.